The molecule has 1 fully saturated rings. The maximum Gasteiger partial charge on any atom is 0.319 e. The number of carbonyl (C=O) groups is 1. The van der Waals surface area contributed by atoms with Gasteiger partial charge in [0.2, 0.25) is 0 Å². The van der Waals surface area contributed by atoms with Crippen LogP contribution in [0.5, 0.6) is 0 Å². The molecule has 0 N–H and O–H groups in total. The Labute approximate surface area is 167 Å². The molecule has 1 unspecified atom stereocenters. The minimum atomic E-state index is -0.358. The molecule has 1 saturated heterocycles. The predicted molar refractivity (Wildman–Crippen MR) is 108 cm³/mol. The Morgan fingerprint density at radius 3 is 2.71 bits per heavy atom. The number of hydrogen-bond donors (Lipinski definition) is 0. The topological polar surface area (TPSA) is 74.3 Å². The molecule has 0 aliphatic carbocycles. The predicted octanol–water partition coefficient (Wildman–Crippen LogP) is 4.11. The van der Waals surface area contributed by atoms with Gasteiger partial charge in [-0.3, -0.25) is 14.2 Å². The Kier molecular flexibility index (Phi) is 4.29. The molecule has 0 spiro atoms. The van der Waals surface area contributed by atoms with Crippen molar-refractivity contribution < 1.29 is 13.9 Å². The molecule has 4 heterocycles. The van der Waals surface area contributed by atoms with Crippen LogP contribution in [0.2, 0.25) is 0 Å². The van der Waals surface area contributed by atoms with Gasteiger partial charge in [-0.15, -0.1) is 11.3 Å². The monoisotopic (exact) mass is 410 g/mol. The van der Waals surface area contributed by atoms with Gasteiger partial charge in [0.15, 0.2) is 5.16 Å². The van der Waals surface area contributed by atoms with Gasteiger partial charge in [-0.1, -0.05) is 30.0 Å². The third kappa shape index (κ3) is 2.85. The second-order valence-corrected chi connectivity index (χ2v) is 8.27. The molecule has 140 valence electrons. The van der Waals surface area contributed by atoms with Gasteiger partial charge in [0, 0.05) is 17.4 Å². The van der Waals surface area contributed by atoms with Crippen molar-refractivity contribution in [3.63, 3.8) is 0 Å². The van der Waals surface area contributed by atoms with E-state index < -0.39 is 0 Å². The number of para-hydroxylation sites is 1. The number of benzene rings is 1. The lowest BCUT2D eigenvalue weighted by Gasteiger charge is -2.13. The van der Waals surface area contributed by atoms with Crippen molar-refractivity contribution >= 4 is 39.3 Å². The van der Waals surface area contributed by atoms with Gasteiger partial charge in [-0.2, -0.15) is 0 Å². The van der Waals surface area contributed by atoms with E-state index in [4.69, 9.17) is 14.1 Å². The molecule has 0 amide bonds. The number of hydrogen-bond acceptors (Lipinski definition) is 7. The maximum absolute atomic E-state index is 13.5. The highest BCUT2D eigenvalue weighted by atomic mass is 32.2. The third-order valence-electron chi connectivity index (χ3n) is 4.51. The van der Waals surface area contributed by atoms with Crippen LogP contribution in [0.15, 0.2) is 68.5 Å². The number of aromatic nitrogens is 2. The lowest BCUT2D eigenvalue weighted by Crippen LogP contribution is -2.23. The summed E-state index contributed by atoms with van der Waals surface area (Å²) in [6.07, 6.45) is 2.19. The van der Waals surface area contributed by atoms with Crippen molar-refractivity contribution in [3.8, 4) is 17.0 Å². The zero-order valence-corrected chi connectivity index (χ0v) is 16.2. The number of nitrogens with zero attached hydrogens (tertiary/aromatic N) is 2. The molecular weight excluding hydrogens is 396 g/mol. The smallest absolute Gasteiger partial charge is 0.319 e. The number of fused-ring (bicyclic) bond motifs is 1. The summed E-state index contributed by atoms with van der Waals surface area (Å²) in [5.74, 6) is 0.367. The molecule has 0 saturated carbocycles. The van der Waals surface area contributed by atoms with Crippen LogP contribution in [-0.4, -0.2) is 27.4 Å². The van der Waals surface area contributed by atoms with E-state index in [-0.39, 0.29) is 16.8 Å². The number of furan rings is 1. The number of rotatable bonds is 4. The maximum atomic E-state index is 13.5. The summed E-state index contributed by atoms with van der Waals surface area (Å²) in [5.41, 5.74) is 1.24. The second-order valence-electron chi connectivity index (χ2n) is 6.24. The SMILES string of the molecule is O=C1OCCC1Sc1nc2scc(-c3ccco3)c2c(=O)n1-c1ccccc1. The van der Waals surface area contributed by atoms with Gasteiger partial charge in [0.25, 0.3) is 5.56 Å². The first kappa shape index (κ1) is 17.3. The Balaban J connectivity index is 1.75. The zero-order chi connectivity index (χ0) is 19.1. The van der Waals surface area contributed by atoms with E-state index in [1.807, 2.05) is 41.8 Å². The van der Waals surface area contributed by atoms with Gasteiger partial charge >= 0.3 is 5.97 Å². The van der Waals surface area contributed by atoms with Crippen LogP contribution in [0.25, 0.3) is 27.2 Å². The molecule has 6 nitrogen and oxygen atoms in total. The highest BCUT2D eigenvalue weighted by Gasteiger charge is 2.30. The molecule has 28 heavy (non-hydrogen) atoms. The van der Waals surface area contributed by atoms with E-state index in [0.29, 0.717) is 39.8 Å². The summed E-state index contributed by atoms with van der Waals surface area (Å²) >= 11 is 2.67. The molecule has 8 heteroatoms. The van der Waals surface area contributed by atoms with Crippen LogP contribution in [0.3, 0.4) is 0 Å². The molecule has 5 rings (SSSR count). The van der Waals surface area contributed by atoms with Crippen molar-refractivity contribution in [2.45, 2.75) is 16.8 Å². The number of thiophene rings is 1. The summed E-state index contributed by atoms with van der Waals surface area (Å²) in [6.45, 7) is 0.399. The molecular formula is C20H14N2O4S2. The van der Waals surface area contributed by atoms with Gasteiger partial charge in [0.05, 0.1) is 23.9 Å². The van der Waals surface area contributed by atoms with Crippen LogP contribution in [0.4, 0.5) is 0 Å². The van der Waals surface area contributed by atoms with Crippen LogP contribution in [-0.2, 0) is 9.53 Å². The quantitative estimate of drug-likeness (QED) is 0.372. The highest BCUT2D eigenvalue weighted by molar-refractivity contribution is 8.00. The van der Waals surface area contributed by atoms with Crippen molar-refractivity contribution in [2.75, 3.05) is 6.61 Å². The number of esters is 1. The van der Waals surface area contributed by atoms with Crippen LogP contribution < -0.4 is 5.56 Å². The van der Waals surface area contributed by atoms with E-state index in [0.717, 1.165) is 5.56 Å². The van der Waals surface area contributed by atoms with Gasteiger partial charge < -0.3 is 9.15 Å². The Bertz CT molecular complexity index is 1210. The van der Waals surface area contributed by atoms with E-state index in [1.165, 1.54) is 23.1 Å². The lowest BCUT2D eigenvalue weighted by molar-refractivity contribution is -0.137. The van der Waals surface area contributed by atoms with Crippen LogP contribution >= 0.6 is 23.1 Å². The first-order chi connectivity index (χ1) is 13.7. The summed E-state index contributed by atoms with van der Waals surface area (Å²) in [7, 11) is 0. The average Bonchev–Trinajstić information content (AvgIpc) is 3.44. The summed E-state index contributed by atoms with van der Waals surface area (Å²) in [4.78, 5) is 30.9. The van der Waals surface area contributed by atoms with Crippen molar-refractivity contribution in [1.29, 1.82) is 0 Å². The molecule has 0 radical (unpaired) electrons. The Hall–Kier alpha value is -2.84. The van der Waals surface area contributed by atoms with E-state index in [2.05, 4.69) is 0 Å². The minimum absolute atomic E-state index is 0.183. The number of thioether (sulfide) groups is 1. The van der Waals surface area contributed by atoms with E-state index >= 15 is 0 Å². The highest BCUT2D eigenvalue weighted by Crippen LogP contribution is 2.35. The number of carbonyl (C=O) groups excluding carboxylic acids is 1. The standard InChI is InChI=1S/C20H14N2O4S2/c23-18-16-13(14-7-4-9-25-14)11-27-17(16)21-20(28-15-8-10-26-19(15)24)22(18)12-5-2-1-3-6-12/h1-7,9,11,15H,8,10H2. The summed E-state index contributed by atoms with van der Waals surface area (Å²) in [5, 5.41) is 2.53. The van der Waals surface area contributed by atoms with E-state index in [1.54, 1.807) is 16.9 Å². The second kappa shape index (κ2) is 6.96. The fourth-order valence-electron chi connectivity index (χ4n) is 3.18. The van der Waals surface area contributed by atoms with E-state index in [9.17, 15) is 9.59 Å². The molecule has 1 aliphatic heterocycles. The number of ether oxygens (including phenoxy) is 1. The molecule has 1 aliphatic rings. The first-order valence-electron chi connectivity index (χ1n) is 8.69. The van der Waals surface area contributed by atoms with Crippen LogP contribution in [0.1, 0.15) is 6.42 Å². The van der Waals surface area contributed by atoms with Gasteiger partial charge in [-0.05, 0) is 24.3 Å². The van der Waals surface area contributed by atoms with Crippen molar-refractivity contribution in [3.05, 3.63) is 64.5 Å². The molecule has 4 aromatic rings. The van der Waals surface area contributed by atoms with Crippen LogP contribution in [0, 0.1) is 0 Å². The normalized spacial score (nSPS) is 16.6. The fraction of sp³-hybridized carbons (Fsp3) is 0.150. The summed E-state index contributed by atoms with van der Waals surface area (Å²) < 4.78 is 12.1. The lowest BCUT2D eigenvalue weighted by atomic mass is 10.2. The van der Waals surface area contributed by atoms with Gasteiger partial charge in [0.1, 0.15) is 15.8 Å². The molecule has 1 atom stereocenters. The largest absolute Gasteiger partial charge is 0.465 e. The molecule has 1 aromatic carbocycles. The fourth-order valence-corrected chi connectivity index (χ4v) is 5.23. The van der Waals surface area contributed by atoms with Crippen molar-refractivity contribution in [1.82, 2.24) is 9.55 Å². The van der Waals surface area contributed by atoms with Crippen molar-refractivity contribution in [2.24, 2.45) is 0 Å². The van der Waals surface area contributed by atoms with Gasteiger partial charge in [-0.25, -0.2) is 4.98 Å². The average molecular weight is 410 g/mol. The summed E-state index contributed by atoms with van der Waals surface area (Å²) in [6, 6.07) is 12.9. The first-order valence-corrected chi connectivity index (χ1v) is 10.4. The Morgan fingerprint density at radius 1 is 1.14 bits per heavy atom. The Morgan fingerprint density at radius 2 is 2.00 bits per heavy atom. The number of cyclic esters (lactones) is 1. The molecule has 0 bridgehead atoms. The third-order valence-corrected chi connectivity index (χ3v) is 6.58. The molecule has 3 aromatic heterocycles. The minimum Gasteiger partial charge on any atom is -0.465 e. The zero-order valence-electron chi connectivity index (χ0n) is 14.5.